The molecule has 0 fully saturated rings. The van der Waals surface area contributed by atoms with Crippen molar-refractivity contribution in [2.24, 2.45) is 4.99 Å². The molecule has 0 unspecified atom stereocenters. The van der Waals surface area contributed by atoms with E-state index >= 15 is 0 Å². The van der Waals surface area contributed by atoms with Crippen LogP contribution in [-0.2, 0) is 24.4 Å². The van der Waals surface area contributed by atoms with Gasteiger partial charge in [0.05, 0.1) is 18.0 Å². The van der Waals surface area contributed by atoms with Crippen molar-refractivity contribution >= 4 is 5.96 Å². The van der Waals surface area contributed by atoms with Gasteiger partial charge in [0.2, 0.25) is 0 Å². The first-order valence-electron chi connectivity index (χ1n) is 9.73. The predicted octanol–water partition coefficient (Wildman–Crippen LogP) is 3.50. The summed E-state index contributed by atoms with van der Waals surface area (Å²) in [6, 6.07) is 18.7. The normalized spacial score (nSPS) is 11.5. The van der Waals surface area contributed by atoms with Gasteiger partial charge >= 0.3 is 0 Å². The third-order valence-corrected chi connectivity index (χ3v) is 4.69. The summed E-state index contributed by atoms with van der Waals surface area (Å²) in [5.41, 5.74) is 6.73. The van der Waals surface area contributed by atoms with Crippen LogP contribution in [0.4, 0.5) is 0 Å². The Hall–Kier alpha value is -3.12. The largest absolute Gasteiger partial charge is 0.380 e. The zero-order valence-electron chi connectivity index (χ0n) is 17.6. The first-order valence-corrected chi connectivity index (χ1v) is 9.73. The number of rotatable bonds is 7. The summed E-state index contributed by atoms with van der Waals surface area (Å²) in [4.78, 5) is 4.34. The van der Waals surface area contributed by atoms with Gasteiger partial charge in [0, 0.05) is 32.9 Å². The van der Waals surface area contributed by atoms with Gasteiger partial charge < -0.3 is 15.4 Å². The second-order valence-electron chi connectivity index (χ2n) is 7.00. The highest BCUT2D eigenvalue weighted by molar-refractivity contribution is 5.79. The maximum Gasteiger partial charge on any atom is 0.191 e. The molecule has 152 valence electrons. The van der Waals surface area contributed by atoms with Gasteiger partial charge in [-0.1, -0.05) is 42.5 Å². The fraction of sp³-hybridized carbons (Fsp3) is 0.304. The molecular formula is C23H29N5O. The number of methoxy groups -OCH3 is 1. The molecule has 0 saturated carbocycles. The molecule has 0 aliphatic heterocycles. The van der Waals surface area contributed by atoms with Crippen LogP contribution in [0.25, 0.3) is 5.69 Å². The van der Waals surface area contributed by atoms with E-state index in [0.29, 0.717) is 19.7 Å². The monoisotopic (exact) mass is 391 g/mol. The van der Waals surface area contributed by atoms with Crippen LogP contribution in [0.1, 0.15) is 28.1 Å². The van der Waals surface area contributed by atoms with Gasteiger partial charge in [0.25, 0.3) is 0 Å². The van der Waals surface area contributed by atoms with Gasteiger partial charge in [-0.15, -0.1) is 0 Å². The summed E-state index contributed by atoms with van der Waals surface area (Å²) in [5.74, 6) is 0.758. The molecule has 0 atom stereocenters. The average molecular weight is 392 g/mol. The second-order valence-corrected chi connectivity index (χ2v) is 7.00. The van der Waals surface area contributed by atoms with Crippen molar-refractivity contribution < 1.29 is 4.74 Å². The number of benzene rings is 2. The van der Waals surface area contributed by atoms with Gasteiger partial charge in [0.1, 0.15) is 0 Å². The minimum atomic E-state index is 0.631. The Bertz CT molecular complexity index is 960. The Balaban J connectivity index is 1.62. The van der Waals surface area contributed by atoms with Crippen molar-refractivity contribution in [3.8, 4) is 5.69 Å². The van der Waals surface area contributed by atoms with Gasteiger partial charge in [-0.05, 0) is 42.7 Å². The average Bonchev–Trinajstić information content (AvgIpc) is 3.07. The van der Waals surface area contributed by atoms with Gasteiger partial charge in [-0.3, -0.25) is 4.99 Å². The van der Waals surface area contributed by atoms with E-state index in [9.17, 15) is 0 Å². The molecule has 0 amide bonds. The molecule has 0 aliphatic carbocycles. The number of aromatic nitrogens is 2. The summed E-state index contributed by atoms with van der Waals surface area (Å²) in [6.07, 6.45) is 0. The molecule has 2 aromatic carbocycles. The first kappa shape index (κ1) is 20.6. The van der Waals surface area contributed by atoms with Crippen molar-refractivity contribution in [3.63, 3.8) is 0 Å². The second kappa shape index (κ2) is 9.89. The molecule has 3 aromatic rings. The number of hydrogen-bond acceptors (Lipinski definition) is 3. The van der Waals surface area contributed by atoms with Crippen LogP contribution in [0, 0.1) is 13.8 Å². The Morgan fingerprint density at radius 2 is 1.69 bits per heavy atom. The molecule has 0 radical (unpaired) electrons. The van der Waals surface area contributed by atoms with Gasteiger partial charge in [-0.2, -0.15) is 5.10 Å². The lowest BCUT2D eigenvalue weighted by Gasteiger charge is -2.15. The van der Waals surface area contributed by atoms with E-state index in [1.165, 1.54) is 11.1 Å². The lowest BCUT2D eigenvalue weighted by Crippen LogP contribution is -2.36. The summed E-state index contributed by atoms with van der Waals surface area (Å²) in [5, 5.41) is 11.4. The smallest absolute Gasteiger partial charge is 0.191 e. The number of aliphatic imine (C=N–C) groups is 1. The fourth-order valence-electron chi connectivity index (χ4n) is 3.25. The molecule has 6 heteroatoms. The molecule has 6 nitrogen and oxygen atoms in total. The number of nitrogens with one attached hydrogen (secondary N) is 2. The van der Waals surface area contributed by atoms with Crippen LogP contribution in [0.2, 0.25) is 0 Å². The van der Waals surface area contributed by atoms with Crippen molar-refractivity contribution in [1.29, 1.82) is 0 Å². The van der Waals surface area contributed by atoms with Crippen LogP contribution in [0.3, 0.4) is 0 Å². The van der Waals surface area contributed by atoms with E-state index < -0.39 is 0 Å². The quantitative estimate of drug-likeness (QED) is 0.478. The van der Waals surface area contributed by atoms with Crippen LogP contribution >= 0.6 is 0 Å². The molecule has 29 heavy (non-hydrogen) atoms. The zero-order valence-corrected chi connectivity index (χ0v) is 17.6. The number of aryl methyl sites for hydroxylation is 2. The first-order chi connectivity index (χ1) is 14.1. The minimum absolute atomic E-state index is 0.631. The summed E-state index contributed by atoms with van der Waals surface area (Å²) >= 11 is 0. The van der Waals surface area contributed by atoms with Crippen LogP contribution in [0.15, 0.2) is 59.6 Å². The summed E-state index contributed by atoms with van der Waals surface area (Å²) < 4.78 is 7.15. The van der Waals surface area contributed by atoms with Gasteiger partial charge in [0.15, 0.2) is 5.96 Å². The molecule has 1 heterocycles. The topological polar surface area (TPSA) is 63.5 Å². The predicted molar refractivity (Wildman–Crippen MR) is 117 cm³/mol. The molecule has 0 bridgehead atoms. The Kier molecular flexibility index (Phi) is 7.03. The molecular weight excluding hydrogens is 362 g/mol. The summed E-state index contributed by atoms with van der Waals surface area (Å²) in [6.45, 7) is 6.07. The molecule has 3 rings (SSSR count). The van der Waals surface area contributed by atoms with E-state index in [0.717, 1.165) is 28.6 Å². The third-order valence-electron chi connectivity index (χ3n) is 4.69. The van der Waals surface area contributed by atoms with E-state index in [2.05, 4.69) is 70.1 Å². The Labute approximate surface area is 172 Å². The highest BCUT2D eigenvalue weighted by Gasteiger charge is 2.09. The number of hydrogen-bond donors (Lipinski definition) is 2. The Morgan fingerprint density at radius 1 is 1.00 bits per heavy atom. The van der Waals surface area contributed by atoms with Crippen molar-refractivity contribution in [2.45, 2.75) is 33.5 Å². The third kappa shape index (κ3) is 5.45. The van der Waals surface area contributed by atoms with E-state index in [-0.39, 0.29) is 0 Å². The van der Waals surface area contributed by atoms with E-state index in [1.54, 1.807) is 14.2 Å². The number of nitrogens with zero attached hydrogens (tertiary/aromatic N) is 3. The zero-order chi connectivity index (χ0) is 20.6. The molecule has 0 aliphatic rings. The lowest BCUT2D eigenvalue weighted by molar-refractivity contribution is 0.185. The Morgan fingerprint density at radius 3 is 2.34 bits per heavy atom. The van der Waals surface area contributed by atoms with Crippen LogP contribution in [-0.4, -0.2) is 29.9 Å². The summed E-state index contributed by atoms with van der Waals surface area (Å²) in [7, 11) is 3.49. The lowest BCUT2D eigenvalue weighted by atomic mass is 10.1. The fourth-order valence-corrected chi connectivity index (χ4v) is 3.25. The maximum atomic E-state index is 5.16. The number of para-hydroxylation sites is 1. The SMILES string of the molecule is CN=C(NCc1ccc(COC)cc1)NCc1ccccc1-n1nc(C)cc1C. The van der Waals surface area contributed by atoms with Crippen LogP contribution in [0.5, 0.6) is 0 Å². The van der Waals surface area contributed by atoms with Crippen molar-refractivity contribution in [3.05, 3.63) is 82.7 Å². The molecule has 0 saturated heterocycles. The van der Waals surface area contributed by atoms with Crippen molar-refractivity contribution in [2.75, 3.05) is 14.2 Å². The molecule has 0 spiro atoms. The van der Waals surface area contributed by atoms with E-state index in [4.69, 9.17) is 4.74 Å². The highest BCUT2D eigenvalue weighted by atomic mass is 16.5. The maximum absolute atomic E-state index is 5.16. The van der Waals surface area contributed by atoms with Gasteiger partial charge in [-0.25, -0.2) is 4.68 Å². The van der Waals surface area contributed by atoms with Crippen LogP contribution < -0.4 is 10.6 Å². The molecule has 1 aromatic heterocycles. The van der Waals surface area contributed by atoms with Crippen molar-refractivity contribution in [1.82, 2.24) is 20.4 Å². The standard InChI is InChI=1S/C23H29N5O/c1-17-13-18(2)28(27-17)22-8-6-5-7-21(22)15-26-23(24-3)25-14-19-9-11-20(12-10-19)16-29-4/h5-13H,14-16H2,1-4H3,(H2,24,25,26). The molecule has 2 N–H and O–H groups in total. The van der Waals surface area contributed by atoms with E-state index in [1.807, 2.05) is 23.7 Å². The number of guanidine groups is 1. The number of ether oxygens (including phenoxy) is 1. The highest BCUT2D eigenvalue weighted by Crippen LogP contribution is 2.17. The minimum Gasteiger partial charge on any atom is -0.380 e.